The second-order valence-electron chi connectivity index (χ2n) is 3.38. The molecule has 0 saturated carbocycles. The number of aliphatic carboxylic acids is 2. The molecule has 6 heteroatoms. The summed E-state index contributed by atoms with van der Waals surface area (Å²) in [5.74, 6) is -2.31. The van der Waals surface area contributed by atoms with E-state index in [0.717, 1.165) is 0 Å². The highest BCUT2D eigenvalue weighted by molar-refractivity contribution is 9.09. The van der Waals surface area contributed by atoms with Crippen molar-refractivity contribution in [3.05, 3.63) is 22.8 Å². The minimum atomic E-state index is -1.35. The molecule has 1 aliphatic carbocycles. The smallest absolute Gasteiger partial charge is 0.332 e. The van der Waals surface area contributed by atoms with Crippen molar-refractivity contribution in [1.29, 1.82) is 0 Å². The molecule has 0 radical (unpaired) electrons. The van der Waals surface area contributed by atoms with E-state index in [-0.39, 0.29) is 10.6 Å². The first-order valence-electron chi connectivity index (χ1n) is 3.99. The summed E-state index contributed by atoms with van der Waals surface area (Å²) in [5.41, 5.74) is -1.41. The first-order valence-corrected chi connectivity index (χ1v) is 5.29. The second-order valence-corrected chi connectivity index (χ2v) is 4.74. The monoisotopic (exact) mass is 294 g/mol. The Balaban J connectivity index is 3.26. The van der Waals surface area contributed by atoms with Gasteiger partial charge in [-0.1, -0.05) is 27.5 Å². The summed E-state index contributed by atoms with van der Waals surface area (Å²) in [4.78, 5) is 21.1. The van der Waals surface area contributed by atoms with E-state index in [9.17, 15) is 9.59 Å². The van der Waals surface area contributed by atoms with Crippen LogP contribution < -0.4 is 0 Å². The molecule has 2 unspecified atom stereocenters. The highest BCUT2D eigenvalue weighted by Gasteiger charge is 2.44. The lowest BCUT2D eigenvalue weighted by atomic mass is 9.80. The van der Waals surface area contributed by atoms with E-state index in [1.165, 1.54) is 19.1 Å². The largest absolute Gasteiger partial charge is 0.481 e. The molecule has 1 rings (SSSR count). The van der Waals surface area contributed by atoms with Gasteiger partial charge in [-0.2, -0.15) is 0 Å². The first-order chi connectivity index (χ1) is 6.79. The zero-order valence-electron chi connectivity index (χ0n) is 7.70. The predicted molar refractivity (Wildman–Crippen MR) is 58.1 cm³/mol. The van der Waals surface area contributed by atoms with Crippen molar-refractivity contribution in [1.82, 2.24) is 0 Å². The molecule has 0 aromatic rings. The predicted octanol–water partition coefficient (Wildman–Crippen LogP) is 1.99. The van der Waals surface area contributed by atoms with E-state index >= 15 is 0 Å². The molecule has 2 N–H and O–H groups in total. The summed E-state index contributed by atoms with van der Waals surface area (Å²) < 4.78 is 0. The van der Waals surface area contributed by atoms with Gasteiger partial charge in [0.2, 0.25) is 0 Å². The van der Waals surface area contributed by atoms with Crippen LogP contribution in [0.15, 0.2) is 22.8 Å². The third-order valence-corrected chi connectivity index (χ3v) is 3.90. The highest BCUT2D eigenvalue weighted by atomic mass is 79.9. The van der Waals surface area contributed by atoms with Gasteiger partial charge >= 0.3 is 11.9 Å². The lowest BCUT2D eigenvalue weighted by Crippen LogP contribution is -2.39. The summed E-state index contributed by atoms with van der Waals surface area (Å²) in [6.45, 7) is 1.41. The highest BCUT2D eigenvalue weighted by Crippen LogP contribution is 2.40. The van der Waals surface area contributed by atoms with Gasteiger partial charge in [0, 0.05) is 5.03 Å². The summed E-state index contributed by atoms with van der Waals surface area (Å²) in [5, 5.41) is 18.0. The molecule has 4 nitrogen and oxygen atoms in total. The van der Waals surface area contributed by atoms with Crippen molar-refractivity contribution in [3.63, 3.8) is 0 Å². The van der Waals surface area contributed by atoms with Crippen LogP contribution in [0.2, 0.25) is 0 Å². The number of carboxylic acid groups (broad SMARTS) is 2. The number of alkyl halides is 1. The molecule has 0 bridgehead atoms. The van der Waals surface area contributed by atoms with Crippen molar-refractivity contribution < 1.29 is 19.8 Å². The molecule has 82 valence electrons. The Morgan fingerprint density at radius 1 is 1.53 bits per heavy atom. The minimum Gasteiger partial charge on any atom is -0.481 e. The molecule has 0 aromatic heterocycles. The van der Waals surface area contributed by atoms with Crippen LogP contribution in [0, 0.1) is 5.41 Å². The number of hydrogen-bond donors (Lipinski definition) is 2. The SMILES string of the molecule is CC1(C(=O)O)C=C(Cl)C=C(C(=O)O)C1Br. The maximum absolute atomic E-state index is 11.0. The van der Waals surface area contributed by atoms with E-state index in [1.54, 1.807) is 0 Å². The van der Waals surface area contributed by atoms with Gasteiger partial charge in [-0.05, 0) is 19.1 Å². The first kappa shape index (κ1) is 12.3. The molecule has 0 aliphatic heterocycles. The second kappa shape index (κ2) is 3.98. The van der Waals surface area contributed by atoms with E-state index < -0.39 is 22.2 Å². The van der Waals surface area contributed by atoms with Crippen LogP contribution in [-0.2, 0) is 9.59 Å². The lowest BCUT2D eigenvalue weighted by Gasteiger charge is -2.30. The van der Waals surface area contributed by atoms with Gasteiger partial charge in [0.05, 0.1) is 10.4 Å². The molecule has 0 saturated heterocycles. The lowest BCUT2D eigenvalue weighted by molar-refractivity contribution is -0.145. The Labute approximate surface area is 99.4 Å². The van der Waals surface area contributed by atoms with Crippen molar-refractivity contribution in [3.8, 4) is 0 Å². The molecule has 0 aromatic carbocycles. The Morgan fingerprint density at radius 3 is 2.47 bits per heavy atom. The van der Waals surface area contributed by atoms with Gasteiger partial charge in [0.15, 0.2) is 0 Å². The van der Waals surface area contributed by atoms with Gasteiger partial charge in [-0.15, -0.1) is 0 Å². The minimum absolute atomic E-state index is 0.0626. The van der Waals surface area contributed by atoms with Gasteiger partial charge < -0.3 is 10.2 Å². The fourth-order valence-corrected chi connectivity index (χ4v) is 2.29. The van der Waals surface area contributed by atoms with Crippen LogP contribution in [-0.4, -0.2) is 27.0 Å². The van der Waals surface area contributed by atoms with Crippen molar-refractivity contribution >= 4 is 39.5 Å². The number of carbonyl (C=O) groups is 2. The van der Waals surface area contributed by atoms with Crippen molar-refractivity contribution in [2.45, 2.75) is 11.8 Å². The number of carboxylic acids is 2. The van der Waals surface area contributed by atoms with Crippen LogP contribution in [0.1, 0.15) is 6.92 Å². The number of allylic oxidation sites excluding steroid dienone is 2. The molecular weight excluding hydrogens is 287 g/mol. The summed E-state index contributed by atoms with van der Waals surface area (Å²) in [7, 11) is 0. The number of rotatable bonds is 2. The topological polar surface area (TPSA) is 74.6 Å². The van der Waals surface area contributed by atoms with E-state index in [1.807, 2.05) is 0 Å². The standard InChI is InChI=1S/C9H8BrClO4/c1-9(8(14)15)3-4(11)2-5(6(9)10)7(12)13/h2-3,6H,1H3,(H,12,13)(H,14,15). The van der Waals surface area contributed by atoms with E-state index in [2.05, 4.69) is 15.9 Å². The summed E-state index contributed by atoms with van der Waals surface area (Å²) >= 11 is 8.76. The number of hydrogen-bond acceptors (Lipinski definition) is 2. The maximum atomic E-state index is 11.0. The Hall–Kier alpha value is -0.810. The zero-order chi connectivity index (χ0) is 11.8. The molecule has 0 fully saturated rings. The normalized spacial score (nSPS) is 30.5. The van der Waals surface area contributed by atoms with Crippen LogP contribution in [0.5, 0.6) is 0 Å². The van der Waals surface area contributed by atoms with Crippen molar-refractivity contribution in [2.24, 2.45) is 5.41 Å². The fraction of sp³-hybridized carbons (Fsp3) is 0.333. The molecular formula is C9H8BrClO4. The van der Waals surface area contributed by atoms with Gasteiger partial charge in [0.1, 0.15) is 5.41 Å². The van der Waals surface area contributed by atoms with Crippen LogP contribution in [0.4, 0.5) is 0 Å². The third kappa shape index (κ3) is 2.08. The molecule has 1 aliphatic rings. The van der Waals surface area contributed by atoms with Crippen LogP contribution in [0.25, 0.3) is 0 Å². The molecule has 2 atom stereocenters. The Morgan fingerprint density at radius 2 is 2.07 bits per heavy atom. The molecule has 0 amide bonds. The molecule has 0 spiro atoms. The zero-order valence-corrected chi connectivity index (χ0v) is 10.0. The maximum Gasteiger partial charge on any atom is 0.332 e. The van der Waals surface area contributed by atoms with Crippen molar-refractivity contribution in [2.75, 3.05) is 0 Å². The third-order valence-electron chi connectivity index (χ3n) is 2.24. The van der Waals surface area contributed by atoms with Gasteiger partial charge in [-0.3, -0.25) is 4.79 Å². The quantitative estimate of drug-likeness (QED) is 0.764. The summed E-state index contributed by atoms with van der Waals surface area (Å²) in [6, 6.07) is 0. The average Bonchev–Trinajstić information content (AvgIpc) is 2.10. The Kier molecular flexibility index (Phi) is 3.25. The molecule has 0 heterocycles. The van der Waals surface area contributed by atoms with E-state index in [0.29, 0.717) is 0 Å². The molecule has 15 heavy (non-hydrogen) atoms. The van der Waals surface area contributed by atoms with Crippen LogP contribution >= 0.6 is 27.5 Å². The fourth-order valence-electron chi connectivity index (χ4n) is 1.29. The summed E-state index contributed by atoms with van der Waals surface area (Å²) in [6.07, 6.45) is 2.57. The number of halogens is 2. The van der Waals surface area contributed by atoms with Crippen LogP contribution in [0.3, 0.4) is 0 Å². The average molecular weight is 296 g/mol. The van der Waals surface area contributed by atoms with Gasteiger partial charge in [-0.25, -0.2) is 4.79 Å². The van der Waals surface area contributed by atoms with E-state index in [4.69, 9.17) is 21.8 Å². The van der Waals surface area contributed by atoms with Gasteiger partial charge in [0.25, 0.3) is 0 Å². The Bertz CT molecular complexity index is 388.